The van der Waals surface area contributed by atoms with Crippen LogP contribution in [-0.2, 0) is 14.9 Å². The van der Waals surface area contributed by atoms with Gasteiger partial charge in [-0.05, 0) is 25.1 Å². The van der Waals surface area contributed by atoms with Crippen molar-refractivity contribution < 1.29 is 103 Å². The SMILES string of the molecule is CCOC(=O)c1ccc(C(=O)O)cc1S(=O)(=O)O.[Cs+].[H-]. The van der Waals surface area contributed by atoms with Gasteiger partial charge < -0.3 is 11.3 Å². The van der Waals surface area contributed by atoms with E-state index >= 15 is 0 Å². The second-order valence-corrected chi connectivity index (χ2v) is 4.60. The summed E-state index contributed by atoms with van der Waals surface area (Å²) in [5.74, 6) is -2.34. The Balaban J connectivity index is 0. The maximum atomic E-state index is 11.4. The molecule has 0 fully saturated rings. The second kappa shape index (κ2) is 7.79. The number of benzene rings is 1. The van der Waals surface area contributed by atoms with Gasteiger partial charge in [0.05, 0.1) is 17.7 Å². The Morgan fingerprint density at radius 3 is 2.37 bits per heavy atom. The predicted octanol–water partition coefficient (Wildman–Crippen LogP) is -2.08. The van der Waals surface area contributed by atoms with Gasteiger partial charge in [0, 0.05) is 0 Å². The number of aromatic carboxylic acids is 1. The van der Waals surface area contributed by atoms with Crippen LogP contribution in [0.1, 0.15) is 29.1 Å². The van der Waals surface area contributed by atoms with Gasteiger partial charge in [0.25, 0.3) is 10.1 Å². The summed E-state index contributed by atoms with van der Waals surface area (Å²) in [7, 11) is -4.72. The van der Waals surface area contributed by atoms with E-state index in [1.807, 2.05) is 0 Å². The van der Waals surface area contributed by atoms with E-state index in [9.17, 15) is 18.0 Å². The van der Waals surface area contributed by atoms with Gasteiger partial charge in [-0.3, -0.25) is 4.55 Å². The molecule has 1 aromatic carbocycles. The van der Waals surface area contributed by atoms with Gasteiger partial charge >= 0.3 is 80.8 Å². The number of rotatable bonds is 4. The zero-order valence-electron chi connectivity index (χ0n) is 11.3. The second-order valence-electron chi connectivity index (χ2n) is 3.21. The fourth-order valence-corrected chi connectivity index (χ4v) is 1.95. The van der Waals surface area contributed by atoms with Crippen LogP contribution in [0.2, 0.25) is 0 Å². The first-order valence-corrected chi connectivity index (χ1v) is 6.23. The summed E-state index contributed by atoms with van der Waals surface area (Å²) in [5.41, 5.74) is -0.778. The van der Waals surface area contributed by atoms with Crippen molar-refractivity contribution in [3.63, 3.8) is 0 Å². The van der Waals surface area contributed by atoms with Crippen LogP contribution in [-0.4, -0.2) is 36.6 Å². The van der Waals surface area contributed by atoms with Crippen molar-refractivity contribution in [2.75, 3.05) is 6.61 Å². The monoisotopic (exact) mass is 408 g/mol. The fraction of sp³-hybridized carbons (Fsp3) is 0.200. The maximum absolute atomic E-state index is 11.4. The smallest absolute Gasteiger partial charge is 1.00 e. The van der Waals surface area contributed by atoms with E-state index in [1.165, 1.54) is 6.92 Å². The third kappa shape index (κ3) is 5.19. The van der Waals surface area contributed by atoms with Crippen molar-refractivity contribution >= 4 is 22.1 Å². The molecule has 0 radical (unpaired) electrons. The van der Waals surface area contributed by atoms with Crippen molar-refractivity contribution in [2.24, 2.45) is 0 Å². The van der Waals surface area contributed by atoms with Crippen molar-refractivity contribution in [3.05, 3.63) is 29.3 Å². The van der Waals surface area contributed by atoms with Crippen LogP contribution in [0.25, 0.3) is 0 Å². The molecule has 0 amide bonds. The van der Waals surface area contributed by atoms with E-state index in [2.05, 4.69) is 4.74 Å². The Bertz CT molecular complexity index is 600. The Kier molecular flexibility index (Phi) is 7.84. The maximum Gasteiger partial charge on any atom is 1.00 e. The predicted molar refractivity (Wildman–Crippen MR) is 60.3 cm³/mol. The number of carbonyl (C=O) groups excluding carboxylic acids is 1. The summed E-state index contributed by atoms with van der Waals surface area (Å²) in [4.78, 5) is 21.4. The molecule has 0 unspecified atom stereocenters. The molecule has 0 saturated carbocycles. The van der Waals surface area contributed by atoms with Crippen molar-refractivity contribution in [1.82, 2.24) is 0 Å². The molecule has 19 heavy (non-hydrogen) atoms. The number of carboxylic acids is 1. The van der Waals surface area contributed by atoms with Gasteiger partial charge in [-0.2, -0.15) is 8.42 Å². The number of carboxylic acid groups (broad SMARTS) is 1. The van der Waals surface area contributed by atoms with Crippen LogP contribution in [0.15, 0.2) is 23.1 Å². The number of esters is 1. The summed E-state index contributed by atoms with van der Waals surface area (Å²) >= 11 is 0. The van der Waals surface area contributed by atoms with Gasteiger partial charge in [0.2, 0.25) is 0 Å². The summed E-state index contributed by atoms with van der Waals surface area (Å²) in [6, 6.07) is 2.72. The van der Waals surface area contributed by atoms with Crippen LogP contribution in [0.5, 0.6) is 0 Å². The Morgan fingerprint density at radius 2 is 1.95 bits per heavy atom. The van der Waals surface area contributed by atoms with E-state index in [0.29, 0.717) is 6.07 Å². The third-order valence-electron chi connectivity index (χ3n) is 2.00. The van der Waals surface area contributed by atoms with Crippen LogP contribution in [0.4, 0.5) is 0 Å². The van der Waals surface area contributed by atoms with Crippen LogP contribution in [0, 0.1) is 0 Å². The molecule has 0 aliphatic heterocycles. The number of hydrogen-bond acceptors (Lipinski definition) is 5. The van der Waals surface area contributed by atoms with Crippen LogP contribution >= 0.6 is 0 Å². The minimum atomic E-state index is -4.72. The Morgan fingerprint density at radius 1 is 1.37 bits per heavy atom. The minimum absolute atomic E-state index is 0. The topological polar surface area (TPSA) is 118 Å². The molecule has 1 aromatic rings. The molecular weight excluding hydrogens is 397 g/mol. The van der Waals surface area contributed by atoms with Crippen LogP contribution in [0.3, 0.4) is 0 Å². The molecule has 0 bridgehead atoms. The van der Waals surface area contributed by atoms with E-state index in [4.69, 9.17) is 9.66 Å². The zero-order valence-corrected chi connectivity index (χ0v) is 17.4. The van der Waals surface area contributed by atoms with Crippen molar-refractivity contribution in [2.45, 2.75) is 11.8 Å². The molecule has 0 atom stereocenters. The van der Waals surface area contributed by atoms with E-state index in [1.54, 1.807) is 0 Å². The number of carbonyl (C=O) groups is 2. The average Bonchev–Trinajstić information content (AvgIpc) is 2.27. The molecule has 1 rings (SSSR count). The van der Waals surface area contributed by atoms with Gasteiger partial charge in [-0.15, -0.1) is 0 Å². The van der Waals surface area contributed by atoms with Crippen molar-refractivity contribution in [3.8, 4) is 0 Å². The molecule has 0 aliphatic carbocycles. The summed E-state index contributed by atoms with van der Waals surface area (Å²) < 4.78 is 35.8. The van der Waals surface area contributed by atoms with E-state index < -0.39 is 32.5 Å². The standard InChI is InChI=1S/C10H10O7S.Cs.H/c1-2-17-10(13)7-4-3-6(9(11)12)5-8(7)18(14,15)16;;/h3-5H,2H2,1H3,(H,11,12)(H,14,15,16);;/q;+1;-1. The molecular formula is C10H11CsO7S. The molecule has 0 aliphatic rings. The summed E-state index contributed by atoms with van der Waals surface area (Å²) in [6.45, 7) is 1.54. The number of hydrogen-bond donors (Lipinski definition) is 2. The van der Waals surface area contributed by atoms with Gasteiger partial charge in [-0.25, -0.2) is 9.59 Å². The molecule has 0 saturated heterocycles. The average molecular weight is 408 g/mol. The molecule has 0 spiro atoms. The molecule has 0 heterocycles. The van der Waals surface area contributed by atoms with Crippen molar-refractivity contribution in [1.29, 1.82) is 0 Å². The molecule has 9 heteroatoms. The first-order chi connectivity index (χ1) is 8.27. The number of ether oxygens (including phenoxy) is 1. The van der Waals surface area contributed by atoms with Gasteiger partial charge in [0.1, 0.15) is 4.90 Å². The Labute approximate surface area is 170 Å². The first-order valence-electron chi connectivity index (χ1n) is 4.79. The van der Waals surface area contributed by atoms with E-state index in [0.717, 1.165) is 12.1 Å². The minimum Gasteiger partial charge on any atom is -1.00 e. The zero-order chi connectivity index (χ0) is 13.9. The third-order valence-corrected chi connectivity index (χ3v) is 2.90. The summed E-state index contributed by atoms with van der Waals surface area (Å²) in [5, 5.41) is 8.72. The Hall–Kier alpha value is 0.122. The van der Waals surface area contributed by atoms with Gasteiger partial charge in [-0.1, -0.05) is 0 Å². The first kappa shape index (κ1) is 19.1. The normalized spacial score (nSPS) is 10.4. The van der Waals surface area contributed by atoms with Gasteiger partial charge in [0.15, 0.2) is 0 Å². The fourth-order valence-electron chi connectivity index (χ4n) is 1.25. The summed E-state index contributed by atoms with van der Waals surface area (Å²) in [6.07, 6.45) is 0. The molecule has 2 N–H and O–H groups in total. The molecule has 100 valence electrons. The molecule has 0 aromatic heterocycles. The van der Waals surface area contributed by atoms with E-state index in [-0.39, 0.29) is 82.5 Å². The molecule has 7 nitrogen and oxygen atoms in total. The quantitative estimate of drug-likeness (QED) is 0.434. The largest absolute Gasteiger partial charge is 1.00 e. The van der Waals surface area contributed by atoms with Crippen LogP contribution < -0.4 is 68.9 Å².